The maximum Gasteiger partial charge on any atom is 0.336 e. The average molecular weight is 348 g/mol. The fraction of sp³-hybridized carbons (Fsp3) is 0.250. The molecule has 0 atom stereocenters. The molecule has 2 aromatic heterocycles. The zero-order chi connectivity index (χ0) is 17.6. The van der Waals surface area contributed by atoms with E-state index in [2.05, 4.69) is 5.10 Å². The van der Waals surface area contributed by atoms with Gasteiger partial charge in [-0.25, -0.2) is 4.79 Å². The zero-order valence-corrected chi connectivity index (χ0v) is 14.0. The third kappa shape index (κ3) is 2.67. The van der Waals surface area contributed by atoms with Crippen LogP contribution >= 0.6 is 11.6 Å². The fourth-order valence-corrected chi connectivity index (χ4v) is 2.91. The lowest BCUT2D eigenvalue weighted by Gasteiger charge is -2.08. The second-order valence-electron chi connectivity index (χ2n) is 5.62. The fourth-order valence-electron chi connectivity index (χ4n) is 2.75. The summed E-state index contributed by atoms with van der Waals surface area (Å²) in [6.45, 7) is 5.24. The van der Waals surface area contributed by atoms with Crippen molar-refractivity contribution in [1.29, 1.82) is 0 Å². The van der Waals surface area contributed by atoms with Crippen LogP contribution in [0.5, 0.6) is 0 Å². The smallest absolute Gasteiger partial charge is 0.336 e. The first-order chi connectivity index (χ1) is 11.3. The highest BCUT2D eigenvalue weighted by molar-refractivity contribution is 6.32. The summed E-state index contributed by atoms with van der Waals surface area (Å²) in [7, 11) is 0. The molecule has 1 aromatic carbocycles. The Morgan fingerprint density at radius 1 is 1.29 bits per heavy atom. The highest BCUT2D eigenvalue weighted by atomic mass is 35.5. The van der Waals surface area contributed by atoms with Crippen molar-refractivity contribution in [2.75, 3.05) is 0 Å². The maximum absolute atomic E-state index is 11.8. The number of fused-ring (bicyclic) bond motifs is 1. The Bertz CT molecular complexity index is 1040. The van der Waals surface area contributed by atoms with Crippen molar-refractivity contribution in [1.82, 2.24) is 9.78 Å². The van der Waals surface area contributed by atoms with Gasteiger partial charge in [-0.2, -0.15) is 5.10 Å². The Balaban J connectivity index is 2.18. The van der Waals surface area contributed by atoms with Crippen LogP contribution in [0.25, 0.3) is 11.0 Å². The molecule has 0 fully saturated rings. The van der Waals surface area contributed by atoms with Crippen molar-refractivity contribution in [3.63, 3.8) is 0 Å². The van der Waals surface area contributed by atoms with E-state index in [1.165, 1.54) is 10.7 Å². The summed E-state index contributed by atoms with van der Waals surface area (Å²) >= 11 is 6.17. The first-order valence-electron chi connectivity index (χ1n) is 7.19. The largest absolute Gasteiger partial charge is 0.423 e. The molecular formula is C16H14ClN3O4. The Labute approximate surface area is 141 Å². The number of rotatable bonds is 3. The van der Waals surface area contributed by atoms with E-state index in [1.54, 1.807) is 26.0 Å². The molecule has 0 spiro atoms. The molecule has 0 saturated heterocycles. The minimum Gasteiger partial charge on any atom is -0.423 e. The molecule has 0 bridgehead atoms. The SMILES string of the molecule is Cc1cc2oc(=O)cc(Cn3nc(C)c([N+](=O)[O-])c3C)c2cc1Cl. The summed E-state index contributed by atoms with van der Waals surface area (Å²) in [5.74, 6) is 0. The molecule has 0 saturated carbocycles. The van der Waals surface area contributed by atoms with Gasteiger partial charge in [0, 0.05) is 16.5 Å². The molecular weight excluding hydrogens is 334 g/mol. The summed E-state index contributed by atoms with van der Waals surface area (Å²) in [4.78, 5) is 22.5. The standard InChI is InChI=1S/C16H14ClN3O4/c1-8-4-14-12(6-13(8)17)11(5-15(21)24-14)7-19-10(3)16(20(22)23)9(2)18-19/h4-6H,7H2,1-3H3. The molecule has 0 aliphatic carbocycles. The van der Waals surface area contributed by atoms with E-state index in [-0.39, 0.29) is 12.2 Å². The molecule has 2 heterocycles. The quantitative estimate of drug-likeness (QED) is 0.410. The van der Waals surface area contributed by atoms with Crippen LogP contribution in [-0.4, -0.2) is 14.7 Å². The van der Waals surface area contributed by atoms with Gasteiger partial charge in [0.05, 0.1) is 11.5 Å². The third-order valence-electron chi connectivity index (χ3n) is 3.96. The number of aromatic nitrogens is 2. The summed E-state index contributed by atoms with van der Waals surface area (Å²) < 4.78 is 6.73. The minimum absolute atomic E-state index is 0.0175. The van der Waals surface area contributed by atoms with Gasteiger partial charge in [-0.05, 0) is 44.0 Å². The molecule has 0 aliphatic heterocycles. The topological polar surface area (TPSA) is 91.2 Å². The number of benzene rings is 1. The van der Waals surface area contributed by atoms with Crippen molar-refractivity contribution in [2.24, 2.45) is 0 Å². The number of halogens is 1. The van der Waals surface area contributed by atoms with Crippen LogP contribution < -0.4 is 5.63 Å². The summed E-state index contributed by atoms with van der Waals surface area (Å²) in [5, 5.41) is 16.6. The van der Waals surface area contributed by atoms with E-state index in [0.717, 1.165) is 5.56 Å². The Morgan fingerprint density at radius 2 is 2.00 bits per heavy atom. The van der Waals surface area contributed by atoms with Crippen LogP contribution in [0, 0.1) is 30.9 Å². The predicted octanol–water partition coefficient (Wildman–Crippen LogP) is 3.52. The summed E-state index contributed by atoms with van der Waals surface area (Å²) in [6.07, 6.45) is 0. The monoisotopic (exact) mass is 347 g/mol. The van der Waals surface area contributed by atoms with Gasteiger partial charge in [-0.15, -0.1) is 0 Å². The first kappa shape index (κ1) is 16.2. The molecule has 8 heteroatoms. The van der Waals surface area contributed by atoms with Crippen LogP contribution in [-0.2, 0) is 6.54 Å². The zero-order valence-electron chi connectivity index (χ0n) is 13.3. The van der Waals surface area contributed by atoms with E-state index >= 15 is 0 Å². The molecule has 0 aliphatic rings. The van der Waals surface area contributed by atoms with Gasteiger partial charge < -0.3 is 4.42 Å². The second-order valence-corrected chi connectivity index (χ2v) is 6.03. The maximum atomic E-state index is 11.8. The lowest BCUT2D eigenvalue weighted by atomic mass is 10.1. The number of nitro groups is 1. The van der Waals surface area contributed by atoms with Crippen molar-refractivity contribution in [3.05, 3.63) is 66.3 Å². The van der Waals surface area contributed by atoms with Crippen molar-refractivity contribution >= 4 is 28.3 Å². The molecule has 124 valence electrons. The summed E-state index contributed by atoms with van der Waals surface area (Å²) in [5.41, 5.74) is 2.12. The van der Waals surface area contributed by atoms with Crippen molar-refractivity contribution < 1.29 is 9.34 Å². The van der Waals surface area contributed by atoms with Crippen molar-refractivity contribution in [2.45, 2.75) is 27.3 Å². The minimum atomic E-state index is -0.491. The van der Waals surface area contributed by atoms with E-state index in [9.17, 15) is 14.9 Å². The van der Waals surface area contributed by atoms with Crippen LogP contribution in [0.15, 0.2) is 27.4 Å². The highest BCUT2D eigenvalue weighted by Crippen LogP contribution is 2.27. The molecule has 24 heavy (non-hydrogen) atoms. The molecule has 0 unspecified atom stereocenters. The van der Waals surface area contributed by atoms with Crippen molar-refractivity contribution in [3.8, 4) is 0 Å². The van der Waals surface area contributed by atoms with Gasteiger partial charge in [0.1, 0.15) is 17.0 Å². The molecule has 0 amide bonds. The van der Waals surface area contributed by atoms with Gasteiger partial charge in [-0.3, -0.25) is 14.8 Å². The summed E-state index contributed by atoms with van der Waals surface area (Å²) in [6, 6.07) is 4.78. The van der Waals surface area contributed by atoms with Crippen LogP contribution in [0.3, 0.4) is 0 Å². The third-order valence-corrected chi connectivity index (χ3v) is 4.36. The Morgan fingerprint density at radius 3 is 2.62 bits per heavy atom. The molecule has 7 nitrogen and oxygen atoms in total. The average Bonchev–Trinajstić information content (AvgIpc) is 2.75. The van der Waals surface area contributed by atoms with Gasteiger partial charge in [0.25, 0.3) is 0 Å². The van der Waals surface area contributed by atoms with Gasteiger partial charge in [-0.1, -0.05) is 11.6 Å². The number of nitrogens with zero attached hydrogens (tertiary/aromatic N) is 3. The number of hydrogen-bond donors (Lipinski definition) is 0. The second kappa shape index (κ2) is 5.76. The normalized spacial score (nSPS) is 11.2. The van der Waals surface area contributed by atoms with Gasteiger partial charge >= 0.3 is 11.3 Å². The van der Waals surface area contributed by atoms with Crippen LogP contribution in [0.4, 0.5) is 5.69 Å². The number of aryl methyl sites for hydroxylation is 2. The molecule has 0 N–H and O–H groups in total. The molecule has 3 rings (SSSR count). The van der Waals surface area contributed by atoms with Gasteiger partial charge in [0.15, 0.2) is 0 Å². The van der Waals surface area contributed by atoms with E-state index in [0.29, 0.717) is 32.9 Å². The van der Waals surface area contributed by atoms with E-state index < -0.39 is 10.5 Å². The van der Waals surface area contributed by atoms with E-state index in [4.69, 9.17) is 16.0 Å². The van der Waals surface area contributed by atoms with Crippen LogP contribution in [0.2, 0.25) is 5.02 Å². The lowest BCUT2D eigenvalue weighted by Crippen LogP contribution is -2.08. The molecule has 0 radical (unpaired) electrons. The first-order valence-corrected chi connectivity index (χ1v) is 7.57. The lowest BCUT2D eigenvalue weighted by molar-refractivity contribution is -0.386. The van der Waals surface area contributed by atoms with E-state index in [1.807, 2.05) is 6.92 Å². The molecule has 3 aromatic rings. The van der Waals surface area contributed by atoms with Gasteiger partial charge in [0.2, 0.25) is 0 Å². The Hall–Kier alpha value is -2.67. The van der Waals surface area contributed by atoms with Crippen LogP contribution in [0.1, 0.15) is 22.5 Å². The Kier molecular flexibility index (Phi) is 3.88. The highest BCUT2D eigenvalue weighted by Gasteiger charge is 2.22. The number of hydrogen-bond acceptors (Lipinski definition) is 5. The predicted molar refractivity (Wildman–Crippen MR) is 89.7 cm³/mol.